The summed E-state index contributed by atoms with van der Waals surface area (Å²) in [5.74, 6) is 0.636. The van der Waals surface area contributed by atoms with Crippen LogP contribution in [0.2, 0.25) is 0 Å². The van der Waals surface area contributed by atoms with Gasteiger partial charge in [-0.1, -0.05) is 50.8 Å². The summed E-state index contributed by atoms with van der Waals surface area (Å²) < 4.78 is 5.29. The van der Waals surface area contributed by atoms with Gasteiger partial charge in [0.2, 0.25) is 0 Å². The lowest BCUT2D eigenvalue weighted by Gasteiger charge is -2.06. The van der Waals surface area contributed by atoms with Gasteiger partial charge in [0.05, 0.1) is 5.92 Å². The second-order valence-electron chi connectivity index (χ2n) is 4.87. The number of rotatable bonds is 8. The average Bonchev–Trinajstić information content (AvgIpc) is 2.67. The van der Waals surface area contributed by atoms with Gasteiger partial charge in [0.1, 0.15) is 6.10 Å². The second-order valence-corrected chi connectivity index (χ2v) is 5.93. The Morgan fingerprint density at radius 1 is 1.44 bits per heavy atom. The summed E-state index contributed by atoms with van der Waals surface area (Å²) in [6.07, 6.45) is 7.82. The first-order valence-corrected chi connectivity index (χ1v) is 7.79. The molecule has 1 fully saturated rings. The predicted molar refractivity (Wildman–Crippen MR) is 75.7 cm³/mol. The number of cyclic esters (lactones) is 1. The van der Waals surface area contributed by atoms with Crippen molar-refractivity contribution in [3.05, 3.63) is 0 Å². The van der Waals surface area contributed by atoms with E-state index >= 15 is 0 Å². The van der Waals surface area contributed by atoms with Gasteiger partial charge in [-0.05, 0) is 12.8 Å². The van der Waals surface area contributed by atoms with Gasteiger partial charge in [0.25, 0.3) is 0 Å². The number of unbranched alkanes of at least 4 members (excludes halogenated alkanes) is 4. The van der Waals surface area contributed by atoms with E-state index in [2.05, 4.69) is 6.92 Å². The number of amidine groups is 1. The first-order valence-electron chi connectivity index (χ1n) is 6.80. The molecule has 0 unspecified atom stereocenters. The Labute approximate surface area is 114 Å². The zero-order valence-electron chi connectivity index (χ0n) is 11.1. The molecule has 5 heteroatoms. The van der Waals surface area contributed by atoms with Crippen molar-refractivity contribution in [3.8, 4) is 0 Å². The smallest absolute Gasteiger partial charge is 0.309 e. The van der Waals surface area contributed by atoms with Crippen LogP contribution < -0.4 is 5.73 Å². The molecule has 0 aliphatic carbocycles. The summed E-state index contributed by atoms with van der Waals surface area (Å²) in [4.78, 5) is 11.6. The summed E-state index contributed by atoms with van der Waals surface area (Å²) in [5.41, 5.74) is 5.27. The van der Waals surface area contributed by atoms with Crippen LogP contribution in [0, 0.1) is 11.3 Å². The summed E-state index contributed by atoms with van der Waals surface area (Å²) in [7, 11) is 0. The number of hydrogen-bond acceptors (Lipinski definition) is 4. The van der Waals surface area contributed by atoms with E-state index in [4.69, 9.17) is 15.9 Å². The largest absolute Gasteiger partial charge is 0.461 e. The molecule has 4 nitrogen and oxygen atoms in total. The van der Waals surface area contributed by atoms with Gasteiger partial charge in [-0.25, -0.2) is 0 Å². The fourth-order valence-electron chi connectivity index (χ4n) is 2.24. The summed E-state index contributed by atoms with van der Waals surface area (Å²) in [5, 5.41) is 7.23. The van der Waals surface area contributed by atoms with Crippen molar-refractivity contribution in [1.29, 1.82) is 5.41 Å². The molecular weight excluding hydrogens is 248 g/mol. The number of carbonyl (C=O) groups is 1. The van der Waals surface area contributed by atoms with Crippen molar-refractivity contribution < 1.29 is 9.53 Å². The van der Waals surface area contributed by atoms with E-state index in [-0.39, 0.29) is 23.2 Å². The lowest BCUT2D eigenvalue weighted by molar-refractivity contribution is -0.143. The van der Waals surface area contributed by atoms with Crippen LogP contribution >= 0.6 is 11.8 Å². The van der Waals surface area contributed by atoms with Crippen molar-refractivity contribution in [2.45, 2.75) is 58.0 Å². The van der Waals surface area contributed by atoms with Crippen molar-refractivity contribution >= 4 is 22.9 Å². The van der Waals surface area contributed by atoms with Crippen LogP contribution in [0.4, 0.5) is 0 Å². The van der Waals surface area contributed by atoms with E-state index in [0.717, 1.165) is 19.3 Å². The average molecular weight is 272 g/mol. The highest BCUT2D eigenvalue weighted by molar-refractivity contribution is 8.13. The SMILES string of the molecule is CCCCCCC[C@H]1C[C@H](CSC(=N)N)OC1=O. The standard InChI is InChI=1S/C13H24N2O2S/c1-2-3-4-5-6-7-10-8-11(17-12(10)16)9-18-13(14)15/h10-11H,2-9H2,1H3,(H3,14,15)/t10-,11+/m0/s1. The van der Waals surface area contributed by atoms with Gasteiger partial charge >= 0.3 is 5.97 Å². The summed E-state index contributed by atoms with van der Waals surface area (Å²) >= 11 is 1.25. The Morgan fingerprint density at radius 3 is 2.83 bits per heavy atom. The van der Waals surface area contributed by atoms with Crippen molar-refractivity contribution in [3.63, 3.8) is 0 Å². The maximum Gasteiger partial charge on any atom is 0.309 e. The molecule has 1 rings (SSSR count). The number of nitrogens with two attached hydrogens (primary N) is 1. The Bertz CT molecular complexity index is 284. The van der Waals surface area contributed by atoms with Gasteiger partial charge in [-0.3, -0.25) is 10.2 Å². The van der Waals surface area contributed by atoms with Crippen LogP contribution in [0.1, 0.15) is 51.9 Å². The topological polar surface area (TPSA) is 76.2 Å². The molecule has 0 aromatic heterocycles. The van der Waals surface area contributed by atoms with Crippen LogP contribution in [0.15, 0.2) is 0 Å². The molecule has 104 valence electrons. The van der Waals surface area contributed by atoms with Gasteiger partial charge < -0.3 is 10.5 Å². The zero-order chi connectivity index (χ0) is 13.4. The lowest BCUT2D eigenvalue weighted by atomic mass is 9.97. The number of nitrogens with one attached hydrogen (secondary N) is 1. The highest BCUT2D eigenvalue weighted by atomic mass is 32.2. The maximum absolute atomic E-state index is 11.6. The molecule has 3 N–H and O–H groups in total. The van der Waals surface area contributed by atoms with Crippen molar-refractivity contribution in [1.82, 2.24) is 0 Å². The van der Waals surface area contributed by atoms with Gasteiger partial charge in [-0.15, -0.1) is 0 Å². The number of thioether (sulfide) groups is 1. The second kappa shape index (κ2) is 8.40. The summed E-state index contributed by atoms with van der Waals surface area (Å²) in [6.45, 7) is 2.20. The molecule has 1 aliphatic rings. The van der Waals surface area contributed by atoms with Gasteiger partial charge in [0.15, 0.2) is 5.17 Å². The molecule has 2 atom stereocenters. The Morgan fingerprint density at radius 2 is 2.17 bits per heavy atom. The normalized spacial score (nSPS) is 23.1. The Balaban J connectivity index is 2.15. The van der Waals surface area contributed by atoms with Gasteiger partial charge in [0, 0.05) is 5.75 Å². The minimum absolute atomic E-state index is 0.0490. The van der Waals surface area contributed by atoms with E-state index in [1.807, 2.05) is 0 Å². The fourth-order valence-corrected chi connectivity index (χ4v) is 2.81. The Hall–Kier alpha value is -0.710. The molecule has 0 radical (unpaired) electrons. The monoisotopic (exact) mass is 272 g/mol. The van der Waals surface area contributed by atoms with Crippen LogP contribution in [-0.2, 0) is 9.53 Å². The third kappa shape index (κ3) is 5.76. The quantitative estimate of drug-likeness (QED) is 0.308. The molecule has 1 heterocycles. The first kappa shape index (κ1) is 15.3. The zero-order valence-corrected chi connectivity index (χ0v) is 11.9. The number of carbonyl (C=O) groups excluding carboxylic acids is 1. The molecule has 18 heavy (non-hydrogen) atoms. The predicted octanol–water partition coefficient (Wildman–Crippen LogP) is 2.91. The molecule has 0 spiro atoms. The van der Waals surface area contributed by atoms with Crippen LogP contribution in [0.5, 0.6) is 0 Å². The number of hydrogen-bond donors (Lipinski definition) is 2. The molecule has 1 aliphatic heterocycles. The lowest BCUT2D eigenvalue weighted by Crippen LogP contribution is -2.14. The third-order valence-corrected chi connectivity index (χ3v) is 4.09. The molecule has 1 saturated heterocycles. The van der Waals surface area contributed by atoms with Gasteiger partial charge in [-0.2, -0.15) is 0 Å². The number of esters is 1. The molecule has 0 amide bonds. The van der Waals surface area contributed by atoms with E-state index < -0.39 is 0 Å². The minimum atomic E-state index is -0.0559. The molecule has 0 aromatic carbocycles. The molecular formula is C13H24N2O2S. The van der Waals surface area contributed by atoms with E-state index in [1.54, 1.807) is 0 Å². The third-order valence-electron chi connectivity index (χ3n) is 3.24. The minimum Gasteiger partial charge on any atom is -0.461 e. The highest BCUT2D eigenvalue weighted by Crippen LogP contribution is 2.28. The first-order chi connectivity index (χ1) is 8.63. The van der Waals surface area contributed by atoms with E-state index in [9.17, 15) is 4.79 Å². The van der Waals surface area contributed by atoms with E-state index in [1.165, 1.54) is 37.4 Å². The Kier molecular flexibility index (Phi) is 7.16. The highest BCUT2D eigenvalue weighted by Gasteiger charge is 2.33. The van der Waals surface area contributed by atoms with Crippen LogP contribution in [-0.4, -0.2) is 23.0 Å². The molecule has 0 aromatic rings. The number of ether oxygens (including phenoxy) is 1. The van der Waals surface area contributed by atoms with Crippen molar-refractivity contribution in [2.75, 3.05) is 5.75 Å². The van der Waals surface area contributed by atoms with Crippen LogP contribution in [0.25, 0.3) is 0 Å². The maximum atomic E-state index is 11.6. The van der Waals surface area contributed by atoms with Crippen LogP contribution in [0.3, 0.4) is 0 Å². The summed E-state index contributed by atoms with van der Waals surface area (Å²) in [6, 6.07) is 0. The molecule has 0 bridgehead atoms. The fraction of sp³-hybridized carbons (Fsp3) is 0.846. The van der Waals surface area contributed by atoms with E-state index in [0.29, 0.717) is 5.75 Å². The molecule has 0 saturated carbocycles. The van der Waals surface area contributed by atoms with Crippen molar-refractivity contribution in [2.24, 2.45) is 11.7 Å².